The highest BCUT2D eigenvalue weighted by molar-refractivity contribution is 5.47. The molecule has 0 saturated carbocycles. The molecule has 2 aromatic rings. The molecule has 0 aliphatic carbocycles. The number of aromatic nitrogens is 3. The molecule has 0 saturated heterocycles. The number of nitrogens with two attached hydrogens (primary N) is 1. The van der Waals surface area contributed by atoms with Crippen LogP contribution in [-0.2, 0) is 0 Å². The van der Waals surface area contributed by atoms with Crippen LogP contribution in [0.15, 0.2) is 36.7 Å². The minimum atomic E-state index is 0.711. The van der Waals surface area contributed by atoms with Crippen molar-refractivity contribution in [1.82, 2.24) is 15.0 Å². The van der Waals surface area contributed by atoms with E-state index in [0.29, 0.717) is 6.54 Å². The van der Waals surface area contributed by atoms with Crippen LogP contribution in [-0.4, -0.2) is 28.1 Å². The smallest absolute Gasteiger partial charge is 0.0858 e. The van der Waals surface area contributed by atoms with Crippen LogP contribution in [0.4, 0.5) is 5.69 Å². The maximum absolute atomic E-state index is 5.42. The summed E-state index contributed by atoms with van der Waals surface area (Å²) in [6, 6.07) is 7.97. The average molecular weight is 217 g/mol. The third-order valence-electron chi connectivity index (χ3n) is 2.23. The van der Waals surface area contributed by atoms with E-state index in [9.17, 15) is 0 Å². The Morgan fingerprint density at radius 3 is 2.44 bits per heavy atom. The van der Waals surface area contributed by atoms with Crippen molar-refractivity contribution < 1.29 is 0 Å². The van der Waals surface area contributed by atoms with Crippen LogP contribution in [0.5, 0.6) is 0 Å². The topological polar surface area (TPSA) is 68.8 Å². The van der Waals surface area contributed by atoms with Gasteiger partial charge in [0.2, 0.25) is 0 Å². The van der Waals surface area contributed by atoms with Crippen LogP contribution in [0.2, 0.25) is 0 Å². The van der Waals surface area contributed by atoms with E-state index >= 15 is 0 Å². The summed E-state index contributed by atoms with van der Waals surface area (Å²) >= 11 is 0. The largest absolute Gasteiger partial charge is 0.385 e. The predicted molar refractivity (Wildman–Crippen MR) is 63.5 cm³/mol. The molecule has 1 aromatic heterocycles. The molecule has 1 heterocycles. The summed E-state index contributed by atoms with van der Waals surface area (Å²) in [5.74, 6) is 0. The van der Waals surface area contributed by atoms with Crippen molar-refractivity contribution >= 4 is 5.69 Å². The van der Waals surface area contributed by atoms with Crippen LogP contribution in [0.3, 0.4) is 0 Å². The summed E-state index contributed by atoms with van der Waals surface area (Å²) in [6.45, 7) is 1.61. The van der Waals surface area contributed by atoms with Gasteiger partial charge in [-0.15, -0.1) is 0 Å². The molecule has 0 atom stereocenters. The fraction of sp³-hybridized carbons (Fsp3) is 0.273. The van der Waals surface area contributed by atoms with Gasteiger partial charge in [0.25, 0.3) is 0 Å². The zero-order chi connectivity index (χ0) is 11.2. The minimum absolute atomic E-state index is 0.711. The van der Waals surface area contributed by atoms with Crippen molar-refractivity contribution in [1.29, 1.82) is 0 Å². The zero-order valence-corrected chi connectivity index (χ0v) is 9.00. The third-order valence-corrected chi connectivity index (χ3v) is 2.23. The summed E-state index contributed by atoms with van der Waals surface area (Å²) in [6.07, 6.45) is 4.29. The van der Waals surface area contributed by atoms with Crippen LogP contribution in [0.1, 0.15) is 6.42 Å². The maximum atomic E-state index is 5.42. The van der Waals surface area contributed by atoms with E-state index in [0.717, 1.165) is 24.3 Å². The molecule has 3 N–H and O–H groups in total. The van der Waals surface area contributed by atoms with Gasteiger partial charge in [0, 0.05) is 12.2 Å². The molecule has 0 unspecified atom stereocenters. The lowest BCUT2D eigenvalue weighted by molar-refractivity contribution is 0.752. The Labute approximate surface area is 94.3 Å². The SMILES string of the molecule is NCCCNc1ccc(-n2nccn2)cc1. The Balaban J connectivity index is 2.00. The third kappa shape index (κ3) is 2.58. The number of nitrogens with one attached hydrogen (secondary N) is 1. The number of rotatable bonds is 5. The lowest BCUT2D eigenvalue weighted by atomic mass is 10.3. The normalized spacial score (nSPS) is 10.3. The molecule has 1 aromatic carbocycles. The molecule has 84 valence electrons. The van der Waals surface area contributed by atoms with Crippen molar-refractivity contribution in [3.05, 3.63) is 36.7 Å². The molecule has 0 aliphatic heterocycles. The van der Waals surface area contributed by atoms with Crippen LogP contribution in [0.25, 0.3) is 5.69 Å². The molecular formula is C11H15N5. The molecular weight excluding hydrogens is 202 g/mol. The first kappa shape index (κ1) is 10.6. The van der Waals surface area contributed by atoms with Gasteiger partial charge in [-0.05, 0) is 37.2 Å². The summed E-state index contributed by atoms with van der Waals surface area (Å²) < 4.78 is 0. The standard InChI is InChI=1S/C11H15N5/c12-6-1-7-13-10-2-4-11(5-3-10)16-14-8-9-15-16/h2-5,8-9,13H,1,6-7,12H2. The van der Waals surface area contributed by atoms with Gasteiger partial charge in [0.15, 0.2) is 0 Å². The Morgan fingerprint density at radius 1 is 1.12 bits per heavy atom. The van der Waals surface area contributed by atoms with Gasteiger partial charge in [-0.25, -0.2) is 0 Å². The molecule has 0 fully saturated rings. The molecule has 0 spiro atoms. The van der Waals surface area contributed by atoms with Gasteiger partial charge >= 0.3 is 0 Å². The van der Waals surface area contributed by atoms with Crippen molar-refractivity contribution in [3.63, 3.8) is 0 Å². The Bertz CT molecular complexity index is 406. The molecule has 0 aliphatic rings. The number of anilines is 1. The quantitative estimate of drug-likeness (QED) is 0.734. The van der Waals surface area contributed by atoms with Crippen LogP contribution in [0, 0.1) is 0 Å². The molecule has 5 nitrogen and oxygen atoms in total. The van der Waals surface area contributed by atoms with Crippen molar-refractivity contribution in [3.8, 4) is 5.69 Å². The highest BCUT2D eigenvalue weighted by atomic mass is 15.5. The van der Waals surface area contributed by atoms with Crippen molar-refractivity contribution in [2.75, 3.05) is 18.4 Å². The second-order valence-corrected chi connectivity index (χ2v) is 3.43. The van der Waals surface area contributed by atoms with Gasteiger partial charge in [0.05, 0.1) is 18.1 Å². The highest BCUT2D eigenvalue weighted by Crippen LogP contribution is 2.11. The van der Waals surface area contributed by atoms with Crippen molar-refractivity contribution in [2.24, 2.45) is 5.73 Å². The van der Waals surface area contributed by atoms with E-state index in [2.05, 4.69) is 15.5 Å². The van der Waals surface area contributed by atoms with E-state index < -0.39 is 0 Å². The average Bonchev–Trinajstić information content (AvgIpc) is 2.84. The van der Waals surface area contributed by atoms with Gasteiger partial charge in [-0.1, -0.05) is 0 Å². The van der Waals surface area contributed by atoms with E-state index in [4.69, 9.17) is 5.73 Å². The van der Waals surface area contributed by atoms with Gasteiger partial charge in [0.1, 0.15) is 0 Å². The van der Waals surface area contributed by atoms with Crippen molar-refractivity contribution in [2.45, 2.75) is 6.42 Å². The minimum Gasteiger partial charge on any atom is -0.385 e. The van der Waals surface area contributed by atoms with Crippen LogP contribution >= 0.6 is 0 Å². The first-order chi connectivity index (χ1) is 7.90. The Hall–Kier alpha value is -1.88. The van der Waals surface area contributed by atoms with E-state index in [1.807, 2.05) is 24.3 Å². The lowest BCUT2D eigenvalue weighted by Crippen LogP contribution is -2.08. The number of nitrogens with zero attached hydrogens (tertiary/aromatic N) is 3. The fourth-order valence-corrected chi connectivity index (χ4v) is 1.40. The second-order valence-electron chi connectivity index (χ2n) is 3.43. The van der Waals surface area contributed by atoms with Gasteiger partial charge in [-0.3, -0.25) is 0 Å². The summed E-state index contributed by atoms with van der Waals surface area (Å²) in [4.78, 5) is 1.59. The molecule has 2 rings (SSSR count). The first-order valence-corrected chi connectivity index (χ1v) is 5.31. The van der Waals surface area contributed by atoms with Gasteiger partial charge < -0.3 is 11.1 Å². The highest BCUT2D eigenvalue weighted by Gasteiger charge is 1.97. The Kier molecular flexibility index (Phi) is 3.50. The number of benzene rings is 1. The summed E-state index contributed by atoms with van der Waals surface area (Å²) in [5, 5.41) is 11.4. The van der Waals surface area contributed by atoms with E-state index in [1.165, 1.54) is 0 Å². The summed E-state index contributed by atoms with van der Waals surface area (Å²) in [5.41, 5.74) is 7.46. The summed E-state index contributed by atoms with van der Waals surface area (Å²) in [7, 11) is 0. The van der Waals surface area contributed by atoms with E-state index in [1.54, 1.807) is 17.2 Å². The molecule has 0 radical (unpaired) electrons. The first-order valence-electron chi connectivity index (χ1n) is 5.31. The number of hydrogen-bond acceptors (Lipinski definition) is 4. The Morgan fingerprint density at radius 2 is 1.81 bits per heavy atom. The molecule has 0 bridgehead atoms. The lowest BCUT2D eigenvalue weighted by Gasteiger charge is -2.06. The maximum Gasteiger partial charge on any atom is 0.0858 e. The zero-order valence-electron chi connectivity index (χ0n) is 9.00. The molecule has 5 heteroatoms. The molecule has 0 amide bonds. The number of hydrogen-bond donors (Lipinski definition) is 2. The second kappa shape index (κ2) is 5.27. The van der Waals surface area contributed by atoms with Crippen LogP contribution < -0.4 is 11.1 Å². The fourth-order valence-electron chi connectivity index (χ4n) is 1.40. The monoisotopic (exact) mass is 217 g/mol. The predicted octanol–water partition coefficient (Wildman–Crippen LogP) is 1.03. The van der Waals surface area contributed by atoms with E-state index in [-0.39, 0.29) is 0 Å². The van der Waals surface area contributed by atoms with Gasteiger partial charge in [-0.2, -0.15) is 15.0 Å². The molecule has 16 heavy (non-hydrogen) atoms.